The van der Waals surface area contributed by atoms with Gasteiger partial charge in [0.15, 0.2) is 11.3 Å². The minimum absolute atomic E-state index is 0.115. The molecule has 2 fully saturated rings. The van der Waals surface area contributed by atoms with Crippen molar-refractivity contribution in [3.8, 4) is 0 Å². The number of amides is 3. The fourth-order valence-electron chi connectivity index (χ4n) is 4.78. The molecule has 1 spiro atoms. The number of halogens is 1. The number of piperidine rings is 1. The first kappa shape index (κ1) is 20.5. The summed E-state index contributed by atoms with van der Waals surface area (Å²) >= 11 is 0. The van der Waals surface area contributed by atoms with E-state index in [1.807, 2.05) is 11.0 Å². The highest BCUT2D eigenvalue weighted by Crippen LogP contribution is 2.59. The molecule has 2 aliphatic rings. The highest BCUT2D eigenvalue weighted by molar-refractivity contribution is 5.96. The molecule has 32 heavy (non-hydrogen) atoms. The molecule has 3 amide bonds. The van der Waals surface area contributed by atoms with Crippen LogP contribution in [0.2, 0.25) is 0 Å². The summed E-state index contributed by atoms with van der Waals surface area (Å²) in [6, 6.07) is 9.48. The number of carbonyl (C=O) groups is 2. The average Bonchev–Trinajstić information content (AvgIpc) is 3.28. The number of aromatic nitrogens is 1. The Kier molecular flexibility index (Phi) is 5.07. The zero-order valence-electron chi connectivity index (χ0n) is 17.9. The lowest BCUT2D eigenvalue weighted by molar-refractivity contribution is 0.0922. The number of fused-ring (bicyclic) bond motifs is 1. The van der Waals surface area contributed by atoms with Crippen LogP contribution in [-0.4, -0.2) is 48.5 Å². The van der Waals surface area contributed by atoms with Crippen LogP contribution in [0.5, 0.6) is 0 Å². The molecule has 3 aromatic rings. The van der Waals surface area contributed by atoms with Crippen molar-refractivity contribution in [3.63, 3.8) is 0 Å². The number of hydrogen-bond donors (Lipinski definition) is 1. The van der Waals surface area contributed by atoms with Crippen molar-refractivity contribution >= 4 is 28.6 Å². The summed E-state index contributed by atoms with van der Waals surface area (Å²) in [6.07, 6.45) is 6.14. The maximum atomic E-state index is 13.5. The fraction of sp³-hybridized carbons (Fsp3) is 0.375. The molecule has 1 saturated heterocycles. The summed E-state index contributed by atoms with van der Waals surface area (Å²) in [4.78, 5) is 32.6. The summed E-state index contributed by atoms with van der Waals surface area (Å²) < 4.78 is 19.1. The molecule has 1 saturated carbocycles. The average molecular weight is 436 g/mol. The van der Waals surface area contributed by atoms with E-state index >= 15 is 0 Å². The molecule has 0 radical (unpaired) electrons. The predicted molar refractivity (Wildman–Crippen MR) is 118 cm³/mol. The second kappa shape index (κ2) is 7.93. The van der Waals surface area contributed by atoms with Gasteiger partial charge in [0.05, 0.1) is 6.20 Å². The lowest BCUT2D eigenvalue weighted by Crippen LogP contribution is -2.46. The molecule has 8 heteroatoms. The normalized spacial score (nSPS) is 19.2. The highest BCUT2D eigenvalue weighted by atomic mass is 19.1. The fourth-order valence-corrected chi connectivity index (χ4v) is 4.78. The second-order valence-electron chi connectivity index (χ2n) is 8.81. The first-order valence-corrected chi connectivity index (χ1v) is 10.9. The topological polar surface area (TPSA) is 78.7 Å². The van der Waals surface area contributed by atoms with Gasteiger partial charge in [-0.1, -0.05) is 6.07 Å². The zero-order valence-corrected chi connectivity index (χ0v) is 17.9. The smallest absolute Gasteiger partial charge is 0.324 e. The van der Waals surface area contributed by atoms with Crippen molar-refractivity contribution in [1.29, 1.82) is 0 Å². The van der Waals surface area contributed by atoms with E-state index < -0.39 is 0 Å². The van der Waals surface area contributed by atoms with Crippen LogP contribution in [0.15, 0.2) is 53.2 Å². The molecule has 1 atom stereocenters. The molecule has 3 heterocycles. The highest BCUT2D eigenvalue weighted by Gasteiger charge is 2.55. The maximum Gasteiger partial charge on any atom is 0.324 e. The van der Waals surface area contributed by atoms with Gasteiger partial charge in [0.25, 0.3) is 5.91 Å². The van der Waals surface area contributed by atoms with Gasteiger partial charge in [0, 0.05) is 44.0 Å². The lowest BCUT2D eigenvalue weighted by atomic mass is 9.91. The van der Waals surface area contributed by atoms with Gasteiger partial charge in [-0.15, -0.1) is 0 Å². The van der Waals surface area contributed by atoms with Crippen molar-refractivity contribution < 1.29 is 18.4 Å². The predicted octanol–water partition coefficient (Wildman–Crippen LogP) is 4.06. The number of hydrogen-bond acceptors (Lipinski definition) is 4. The Bertz CT molecular complexity index is 1140. The Morgan fingerprint density at radius 1 is 1.28 bits per heavy atom. The molecule has 1 aliphatic heterocycles. The van der Waals surface area contributed by atoms with Crippen molar-refractivity contribution in [3.05, 3.63) is 60.4 Å². The van der Waals surface area contributed by atoms with Crippen LogP contribution >= 0.6 is 0 Å². The molecule has 1 aromatic carbocycles. The Morgan fingerprint density at radius 2 is 2.09 bits per heavy atom. The van der Waals surface area contributed by atoms with Crippen molar-refractivity contribution in [2.75, 3.05) is 31.6 Å². The van der Waals surface area contributed by atoms with Crippen LogP contribution in [0.1, 0.15) is 29.8 Å². The van der Waals surface area contributed by atoms with Crippen molar-refractivity contribution in [2.24, 2.45) is 11.3 Å². The van der Waals surface area contributed by atoms with Gasteiger partial charge in [-0.3, -0.25) is 14.7 Å². The Hall–Kier alpha value is -3.42. The van der Waals surface area contributed by atoms with Crippen LogP contribution in [0.3, 0.4) is 0 Å². The summed E-state index contributed by atoms with van der Waals surface area (Å²) in [5, 5.41) is 3.85. The van der Waals surface area contributed by atoms with Crippen molar-refractivity contribution in [2.45, 2.75) is 19.3 Å². The zero-order chi connectivity index (χ0) is 22.3. The van der Waals surface area contributed by atoms with Gasteiger partial charge in [0.1, 0.15) is 5.82 Å². The molecule has 166 valence electrons. The number of carbonyl (C=O) groups excluding carboxylic acids is 2. The van der Waals surface area contributed by atoms with Gasteiger partial charge in [0.2, 0.25) is 0 Å². The van der Waals surface area contributed by atoms with Crippen LogP contribution in [0, 0.1) is 17.2 Å². The standard InChI is InChI=1S/C24H25FN4O3/c1-28(19-4-2-3-18(25)12-19)23(31)29-9-6-24(7-10-29)13-17(24)14-27-22(30)20-11-16-5-8-26-15-21(16)32-20/h2-5,8,11-12,15,17H,6-7,9-10,13-14H2,1H3,(H,27,30). The molecule has 2 aromatic heterocycles. The third-order valence-electron chi connectivity index (χ3n) is 6.93. The van der Waals surface area contributed by atoms with Crippen LogP contribution in [-0.2, 0) is 0 Å². The number of furan rings is 1. The molecular formula is C24H25FN4O3. The van der Waals surface area contributed by atoms with E-state index in [4.69, 9.17) is 4.42 Å². The van der Waals surface area contributed by atoms with Gasteiger partial charge < -0.3 is 14.6 Å². The maximum absolute atomic E-state index is 13.5. The number of nitrogens with zero attached hydrogens (tertiary/aromatic N) is 3. The number of anilines is 1. The van der Waals surface area contributed by atoms with Crippen LogP contribution < -0.4 is 10.2 Å². The summed E-state index contributed by atoms with van der Waals surface area (Å²) in [7, 11) is 1.67. The van der Waals surface area contributed by atoms with E-state index in [0.29, 0.717) is 42.6 Å². The van der Waals surface area contributed by atoms with E-state index in [0.717, 1.165) is 24.6 Å². The van der Waals surface area contributed by atoms with Gasteiger partial charge in [-0.25, -0.2) is 9.18 Å². The molecular weight excluding hydrogens is 411 g/mol. The summed E-state index contributed by atoms with van der Waals surface area (Å²) in [5.41, 5.74) is 1.34. The molecule has 1 aliphatic carbocycles. The number of nitrogens with one attached hydrogen (secondary N) is 1. The Labute approximate surface area is 185 Å². The number of rotatable bonds is 4. The minimum Gasteiger partial charge on any atom is -0.449 e. The molecule has 0 bridgehead atoms. The largest absolute Gasteiger partial charge is 0.449 e. The molecule has 7 nitrogen and oxygen atoms in total. The lowest BCUT2D eigenvalue weighted by Gasteiger charge is -2.35. The van der Waals surface area contributed by atoms with Crippen LogP contribution in [0.4, 0.5) is 14.9 Å². The third-order valence-corrected chi connectivity index (χ3v) is 6.93. The Balaban J connectivity index is 1.12. The van der Waals surface area contributed by atoms with E-state index in [9.17, 15) is 14.0 Å². The first-order chi connectivity index (χ1) is 15.4. The second-order valence-corrected chi connectivity index (χ2v) is 8.81. The molecule has 1 N–H and O–H groups in total. The number of benzene rings is 1. The number of urea groups is 1. The van der Waals surface area contributed by atoms with E-state index in [1.54, 1.807) is 37.6 Å². The minimum atomic E-state index is -0.359. The first-order valence-electron chi connectivity index (χ1n) is 10.9. The van der Waals surface area contributed by atoms with E-state index in [-0.39, 0.29) is 23.2 Å². The van der Waals surface area contributed by atoms with Gasteiger partial charge in [-0.2, -0.15) is 0 Å². The summed E-state index contributed by atoms with van der Waals surface area (Å²) in [5.74, 6) is 0.133. The molecule has 5 rings (SSSR count). The van der Waals surface area contributed by atoms with E-state index in [1.165, 1.54) is 17.0 Å². The molecule has 1 unspecified atom stereocenters. The SMILES string of the molecule is CN(C(=O)N1CCC2(CC1)CC2CNC(=O)c1cc2ccncc2o1)c1cccc(F)c1. The Morgan fingerprint density at radius 3 is 2.84 bits per heavy atom. The number of likely N-dealkylation sites (tertiary alicyclic amines) is 1. The quantitative estimate of drug-likeness (QED) is 0.669. The van der Waals surface area contributed by atoms with E-state index in [2.05, 4.69) is 10.3 Å². The van der Waals surface area contributed by atoms with Gasteiger partial charge >= 0.3 is 6.03 Å². The monoisotopic (exact) mass is 436 g/mol. The van der Waals surface area contributed by atoms with Crippen LogP contribution in [0.25, 0.3) is 11.0 Å². The van der Waals surface area contributed by atoms with Crippen molar-refractivity contribution in [1.82, 2.24) is 15.2 Å². The summed E-state index contributed by atoms with van der Waals surface area (Å²) in [6.45, 7) is 1.93. The number of pyridine rings is 1. The third kappa shape index (κ3) is 3.81. The van der Waals surface area contributed by atoms with Gasteiger partial charge in [-0.05, 0) is 60.9 Å².